The van der Waals surface area contributed by atoms with Crippen molar-refractivity contribution in [1.29, 1.82) is 0 Å². The predicted octanol–water partition coefficient (Wildman–Crippen LogP) is 3.99. The van der Waals surface area contributed by atoms with Crippen LogP contribution in [0.15, 0.2) is 39.9 Å². The number of hydrazone groups is 1. The molecule has 28 heavy (non-hydrogen) atoms. The number of phenols is 1. The lowest BCUT2D eigenvalue weighted by Crippen LogP contribution is -1.99. The molecular weight excluding hydrogens is 424 g/mol. The van der Waals surface area contributed by atoms with Crippen LogP contribution >= 0.6 is 15.9 Å². The summed E-state index contributed by atoms with van der Waals surface area (Å²) in [6.45, 7) is 2.11. The Bertz CT molecular complexity index is 1200. The monoisotopic (exact) mass is 440 g/mol. The third kappa shape index (κ3) is 3.36. The second-order valence-electron chi connectivity index (χ2n) is 6.11. The maximum atomic E-state index is 9.86. The van der Waals surface area contributed by atoms with Crippen molar-refractivity contribution < 1.29 is 9.84 Å². The number of nitrogens with zero attached hydrogens (tertiary/aromatic N) is 4. The number of aromatic amines is 1. The van der Waals surface area contributed by atoms with E-state index < -0.39 is 0 Å². The molecule has 4 aromatic rings. The summed E-state index contributed by atoms with van der Waals surface area (Å²) in [5, 5.41) is 23.4. The van der Waals surface area contributed by atoms with Crippen molar-refractivity contribution in [1.82, 2.24) is 20.2 Å². The van der Waals surface area contributed by atoms with Crippen molar-refractivity contribution in [3.05, 3.63) is 45.9 Å². The van der Waals surface area contributed by atoms with Crippen LogP contribution in [-0.4, -0.2) is 38.6 Å². The summed E-state index contributed by atoms with van der Waals surface area (Å²) >= 11 is 3.28. The van der Waals surface area contributed by atoms with Gasteiger partial charge >= 0.3 is 0 Å². The zero-order valence-corrected chi connectivity index (χ0v) is 16.8. The fourth-order valence-electron chi connectivity index (χ4n) is 2.87. The van der Waals surface area contributed by atoms with Gasteiger partial charge in [0.05, 0.1) is 17.8 Å². The number of benzene rings is 2. The van der Waals surface area contributed by atoms with Gasteiger partial charge in [0.25, 0.3) is 5.95 Å². The van der Waals surface area contributed by atoms with E-state index in [1.165, 1.54) is 12.7 Å². The summed E-state index contributed by atoms with van der Waals surface area (Å²) in [4.78, 5) is 7.69. The Morgan fingerprint density at radius 2 is 2.14 bits per heavy atom. The number of hydrogen-bond acceptors (Lipinski definition) is 7. The third-order valence-corrected chi connectivity index (χ3v) is 4.94. The Hall–Kier alpha value is -3.20. The second kappa shape index (κ2) is 7.43. The SMILES string of the molecule is CCc1ccc2[nH]c3nc(N/N=C/c4cc(Br)c(O)c(OC)c4)nnc3c2c1. The molecule has 0 unspecified atom stereocenters. The van der Waals surface area contributed by atoms with E-state index in [9.17, 15) is 5.11 Å². The van der Waals surface area contributed by atoms with E-state index in [4.69, 9.17) is 4.74 Å². The molecule has 0 aliphatic carbocycles. The summed E-state index contributed by atoms with van der Waals surface area (Å²) in [6, 6.07) is 9.59. The number of rotatable bonds is 5. The quantitative estimate of drug-likeness (QED) is 0.319. The maximum Gasteiger partial charge on any atom is 0.265 e. The van der Waals surface area contributed by atoms with E-state index in [2.05, 4.69) is 65.7 Å². The minimum atomic E-state index is 0.0376. The number of phenolic OH excluding ortho intramolecular Hbond substituents is 1. The Morgan fingerprint density at radius 1 is 1.29 bits per heavy atom. The average molecular weight is 441 g/mol. The summed E-state index contributed by atoms with van der Waals surface area (Å²) in [5.74, 6) is 0.658. The Kier molecular flexibility index (Phi) is 4.82. The number of fused-ring (bicyclic) bond motifs is 3. The molecule has 142 valence electrons. The normalized spacial score (nSPS) is 11.5. The first-order valence-electron chi connectivity index (χ1n) is 8.59. The zero-order valence-electron chi connectivity index (χ0n) is 15.2. The van der Waals surface area contributed by atoms with Gasteiger partial charge in [-0.25, -0.2) is 5.43 Å². The molecule has 0 bridgehead atoms. The standard InChI is InChI=1S/C19H17BrN6O2/c1-3-10-4-5-14-12(6-10)16-18(22-14)23-19(26-24-16)25-21-9-11-7-13(20)17(27)15(8-11)28-2/h4-9,27H,3H2,1-2H3,(H2,22,23,25,26)/b21-9+. The fourth-order valence-corrected chi connectivity index (χ4v) is 3.33. The van der Waals surface area contributed by atoms with E-state index in [-0.39, 0.29) is 11.7 Å². The van der Waals surface area contributed by atoms with Crippen LogP contribution in [0.1, 0.15) is 18.1 Å². The third-order valence-electron chi connectivity index (χ3n) is 4.34. The molecule has 9 heteroatoms. The summed E-state index contributed by atoms with van der Waals surface area (Å²) in [6.07, 6.45) is 2.52. The van der Waals surface area contributed by atoms with Gasteiger partial charge < -0.3 is 14.8 Å². The van der Waals surface area contributed by atoms with Gasteiger partial charge in [0.15, 0.2) is 17.1 Å². The van der Waals surface area contributed by atoms with Crippen molar-refractivity contribution >= 4 is 50.2 Å². The second-order valence-corrected chi connectivity index (χ2v) is 6.97. The molecule has 0 spiro atoms. The van der Waals surface area contributed by atoms with Crippen LogP contribution in [0.5, 0.6) is 11.5 Å². The maximum absolute atomic E-state index is 9.86. The topological polar surface area (TPSA) is 108 Å². The minimum Gasteiger partial charge on any atom is -0.503 e. The molecule has 0 radical (unpaired) electrons. The largest absolute Gasteiger partial charge is 0.503 e. The van der Waals surface area contributed by atoms with E-state index in [1.54, 1.807) is 18.3 Å². The molecule has 0 fully saturated rings. The molecule has 4 rings (SSSR count). The lowest BCUT2D eigenvalue weighted by Gasteiger charge is -2.06. The number of aryl methyl sites for hydroxylation is 1. The Balaban J connectivity index is 1.59. The average Bonchev–Trinajstić information content (AvgIpc) is 3.07. The van der Waals surface area contributed by atoms with Gasteiger partial charge in [-0.05, 0) is 57.7 Å². The van der Waals surface area contributed by atoms with Crippen LogP contribution in [0.4, 0.5) is 5.95 Å². The molecule has 2 aromatic heterocycles. The van der Waals surface area contributed by atoms with Gasteiger partial charge in [-0.15, -0.1) is 10.2 Å². The summed E-state index contributed by atoms with van der Waals surface area (Å²) in [5.41, 5.74) is 7.07. The van der Waals surface area contributed by atoms with Gasteiger partial charge in [-0.1, -0.05) is 13.0 Å². The molecule has 0 atom stereocenters. The van der Waals surface area contributed by atoms with Crippen molar-refractivity contribution in [3.8, 4) is 11.5 Å². The summed E-state index contributed by atoms with van der Waals surface area (Å²) < 4.78 is 5.63. The number of aromatic hydroxyl groups is 1. The van der Waals surface area contributed by atoms with Crippen LogP contribution in [0.25, 0.3) is 22.1 Å². The van der Waals surface area contributed by atoms with Crippen LogP contribution in [0, 0.1) is 0 Å². The molecule has 0 aliphatic heterocycles. The highest BCUT2D eigenvalue weighted by Gasteiger charge is 2.10. The zero-order chi connectivity index (χ0) is 19.7. The highest BCUT2D eigenvalue weighted by molar-refractivity contribution is 9.10. The molecule has 0 amide bonds. The van der Waals surface area contributed by atoms with Crippen LogP contribution in [0.3, 0.4) is 0 Å². The van der Waals surface area contributed by atoms with Crippen molar-refractivity contribution in [3.63, 3.8) is 0 Å². The fraction of sp³-hybridized carbons (Fsp3) is 0.158. The lowest BCUT2D eigenvalue weighted by atomic mass is 10.1. The van der Waals surface area contributed by atoms with Gasteiger partial charge in [0.1, 0.15) is 5.52 Å². The molecule has 2 aromatic carbocycles. The molecule has 2 heterocycles. The molecule has 3 N–H and O–H groups in total. The van der Waals surface area contributed by atoms with Crippen molar-refractivity contribution in [2.24, 2.45) is 5.10 Å². The van der Waals surface area contributed by atoms with E-state index in [0.29, 0.717) is 15.9 Å². The minimum absolute atomic E-state index is 0.0376. The molecule has 0 saturated carbocycles. The molecule has 0 saturated heterocycles. The lowest BCUT2D eigenvalue weighted by molar-refractivity contribution is 0.372. The number of ether oxygens (including phenoxy) is 1. The number of anilines is 1. The van der Waals surface area contributed by atoms with E-state index in [1.807, 2.05) is 6.07 Å². The molecule has 8 nitrogen and oxygen atoms in total. The Morgan fingerprint density at radius 3 is 2.93 bits per heavy atom. The summed E-state index contributed by atoms with van der Waals surface area (Å²) in [7, 11) is 1.49. The van der Waals surface area contributed by atoms with Gasteiger partial charge in [0, 0.05) is 10.9 Å². The number of methoxy groups -OCH3 is 1. The highest BCUT2D eigenvalue weighted by atomic mass is 79.9. The number of H-pyrrole nitrogens is 1. The van der Waals surface area contributed by atoms with Crippen LogP contribution in [0.2, 0.25) is 0 Å². The van der Waals surface area contributed by atoms with E-state index >= 15 is 0 Å². The predicted molar refractivity (Wildman–Crippen MR) is 112 cm³/mol. The number of nitrogens with one attached hydrogen (secondary N) is 2. The van der Waals surface area contributed by atoms with Crippen molar-refractivity contribution in [2.75, 3.05) is 12.5 Å². The first-order valence-corrected chi connectivity index (χ1v) is 9.39. The highest BCUT2D eigenvalue weighted by Crippen LogP contribution is 2.34. The number of hydrogen-bond donors (Lipinski definition) is 3. The smallest absolute Gasteiger partial charge is 0.265 e. The van der Waals surface area contributed by atoms with E-state index in [0.717, 1.165) is 28.4 Å². The van der Waals surface area contributed by atoms with Gasteiger partial charge in [-0.3, -0.25) is 0 Å². The number of aromatic nitrogens is 4. The van der Waals surface area contributed by atoms with Crippen LogP contribution in [-0.2, 0) is 6.42 Å². The molecular formula is C19H17BrN6O2. The Labute approximate surface area is 168 Å². The number of halogens is 1. The van der Waals surface area contributed by atoms with Gasteiger partial charge in [-0.2, -0.15) is 10.1 Å². The van der Waals surface area contributed by atoms with Crippen LogP contribution < -0.4 is 10.2 Å². The molecule has 0 aliphatic rings. The van der Waals surface area contributed by atoms with Crippen molar-refractivity contribution in [2.45, 2.75) is 13.3 Å². The first-order chi connectivity index (χ1) is 13.6. The van der Waals surface area contributed by atoms with Gasteiger partial charge in [0.2, 0.25) is 0 Å². The first kappa shape index (κ1) is 18.2.